The van der Waals surface area contributed by atoms with E-state index >= 15 is 0 Å². The molecule has 2 N–H and O–H groups in total. The fourth-order valence-corrected chi connectivity index (χ4v) is 2.25. The highest BCUT2D eigenvalue weighted by atomic mass is 15.1. The normalized spacial score (nSPS) is 12.8. The number of aromatic amines is 1. The number of H-pyrrole nitrogens is 1. The Kier molecular flexibility index (Phi) is 2.55. The van der Waals surface area contributed by atoms with Crippen molar-refractivity contribution in [2.45, 2.75) is 13.0 Å². The Hall–Kier alpha value is -2.23. The minimum absolute atomic E-state index is 0.182. The maximum absolute atomic E-state index is 4.36. The molecular weight excluding hydrogens is 224 g/mol. The molecule has 0 aliphatic heterocycles. The third-order valence-corrected chi connectivity index (χ3v) is 3.18. The molecule has 0 bridgehead atoms. The second-order valence-corrected chi connectivity index (χ2v) is 4.54. The van der Waals surface area contributed by atoms with Crippen LogP contribution in [0.2, 0.25) is 0 Å². The van der Waals surface area contributed by atoms with Gasteiger partial charge >= 0.3 is 0 Å². The smallest absolute Gasteiger partial charge is 0.130 e. The molecule has 0 spiro atoms. The highest BCUT2D eigenvalue weighted by Gasteiger charge is 2.09. The summed E-state index contributed by atoms with van der Waals surface area (Å²) in [6.07, 6.45) is 5.74. The molecule has 0 amide bonds. The van der Waals surface area contributed by atoms with Gasteiger partial charge < -0.3 is 14.9 Å². The number of aromatic nitrogens is 3. The van der Waals surface area contributed by atoms with Crippen molar-refractivity contribution in [2.75, 3.05) is 5.32 Å². The molecule has 2 heterocycles. The van der Waals surface area contributed by atoms with Crippen LogP contribution in [0.25, 0.3) is 10.9 Å². The average Bonchev–Trinajstić information content (AvgIpc) is 2.96. The largest absolute Gasteiger partial charge is 0.375 e. The molecule has 1 aromatic carbocycles. The van der Waals surface area contributed by atoms with Gasteiger partial charge in [-0.25, -0.2) is 4.98 Å². The van der Waals surface area contributed by atoms with Crippen LogP contribution in [0.1, 0.15) is 18.8 Å². The van der Waals surface area contributed by atoms with Gasteiger partial charge in [-0.1, -0.05) is 0 Å². The van der Waals surface area contributed by atoms with Gasteiger partial charge in [-0.3, -0.25) is 0 Å². The minimum Gasteiger partial charge on any atom is -0.375 e. The maximum atomic E-state index is 4.36. The summed E-state index contributed by atoms with van der Waals surface area (Å²) in [6, 6.07) is 8.57. The van der Waals surface area contributed by atoms with Gasteiger partial charge in [-0.2, -0.15) is 0 Å². The Morgan fingerprint density at radius 2 is 2.22 bits per heavy atom. The first-order chi connectivity index (χ1) is 8.74. The molecule has 92 valence electrons. The number of hydrogen-bond acceptors (Lipinski definition) is 2. The van der Waals surface area contributed by atoms with Gasteiger partial charge in [0.15, 0.2) is 0 Å². The minimum atomic E-state index is 0.182. The molecule has 0 aliphatic carbocycles. The van der Waals surface area contributed by atoms with Gasteiger partial charge in [0.1, 0.15) is 5.82 Å². The van der Waals surface area contributed by atoms with Crippen molar-refractivity contribution in [3.05, 3.63) is 48.7 Å². The first-order valence-corrected chi connectivity index (χ1v) is 6.05. The van der Waals surface area contributed by atoms with Crippen LogP contribution in [0.4, 0.5) is 5.69 Å². The fraction of sp³-hybridized carbons (Fsp3) is 0.214. The number of benzene rings is 1. The van der Waals surface area contributed by atoms with Crippen molar-refractivity contribution in [2.24, 2.45) is 7.05 Å². The number of imidazole rings is 1. The summed E-state index contributed by atoms with van der Waals surface area (Å²) in [5.74, 6) is 1.03. The maximum Gasteiger partial charge on any atom is 0.130 e. The van der Waals surface area contributed by atoms with Gasteiger partial charge in [0.05, 0.1) is 6.04 Å². The van der Waals surface area contributed by atoms with Gasteiger partial charge in [-0.05, 0) is 31.2 Å². The molecule has 18 heavy (non-hydrogen) atoms. The molecule has 1 unspecified atom stereocenters. The Bertz CT molecular complexity index is 665. The van der Waals surface area contributed by atoms with E-state index in [1.165, 1.54) is 5.39 Å². The third-order valence-electron chi connectivity index (χ3n) is 3.18. The first kappa shape index (κ1) is 10.9. The predicted molar refractivity (Wildman–Crippen MR) is 73.5 cm³/mol. The number of hydrogen-bond donors (Lipinski definition) is 2. The van der Waals surface area contributed by atoms with Crippen LogP contribution in [0.15, 0.2) is 42.9 Å². The number of anilines is 1. The number of nitrogens with one attached hydrogen (secondary N) is 2. The first-order valence-electron chi connectivity index (χ1n) is 6.05. The number of fused-ring (bicyclic) bond motifs is 1. The van der Waals surface area contributed by atoms with Crippen LogP contribution < -0.4 is 5.32 Å². The summed E-state index contributed by atoms with van der Waals surface area (Å²) in [5, 5.41) is 4.68. The highest BCUT2D eigenvalue weighted by molar-refractivity contribution is 5.83. The van der Waals surface area contributed by atoms with E-state index in [-0.39, 0.29) is 6.04 Å². The second kappa shape index (κ2) is 4.22. The van der Waals surface area contributed by atoms with Crippen LogP contribution in [-0.4, -0.2) is 14.5 Å². The van der Waals surface area contributed by atoms with Crippen molar-refractivity contribution >= 4 is 16.6 Å². The highest BCUT2D eigenvalue weighted by Crippen LogP contribution is 2.21. The van der Waals surface area contributed by atoms with E-state index in [0.717, 1.165) is 17.0 Å². The molecule has 3 rings (SSSR count). The Balaban J connectivity index is 1.85. The lowest BCUT2D eigenvalue weighted by molar-refractivity contribution is 0.722. The SMILES string of the molecule is CC(Nc1ccc2[nH]ccc2c1)c1nccn1C. The summed E-state index contributed by atoms with van der Waals surface area (Å²) in [4.78, 5) is 7.55. The molecule has 0 aliphatic rings. The van der Waals surface area contributed by atoms with Crippen LogP contribution in [0.3, 0.4) is 0 Å². The Morgan fingerprint density at radius 3 is 3.00 bits per heavy atom. The molecule has 3 aromatic rings. The zero-order chi connectivity index (χ0) is 12.5. The molecule has 0 saturated carbocycles. The Labute approximate surface area is 106 Å². The Morgan fingerprint density at radius 1 is 1.33 bits per heavy atom. The van der Waals surface area contributed by atoms with Gasteiger partial charge in [0.2, 0.25) is 0 Å². The molecule has 0 fully saturated rings. The zero-order valence-electron chi connectivity index (χ0n) is 10.5. The van der Waals surface area contributed by atoms with E-state index < -0.39 is 0 Å². The summed E-state index contributed by atoms with van der Waals surface area (Å²) in [7, 11) is 2.01. The lowest BCUT2D eigenvalue weighted by atomic mass is 10.2. The molecular formula is C14H16N4. The zero-order valence-corrected chi connectivity index (χ0v) is 10.5. The third kappa shape index (κ3) is 1.86. The summed E-state index contributed by atoms with van der Waals surface area (Å²) in [5.41, 5.74) is 2.27. The van der Waals surface area contributed by atoms with E-state index in [1.54, 1.807) is 0 Å². The molecule has 2 aromatic heterocycles. The van der Waals surface area contributed by atoms with Gasteiger partial charge in [0.25, 0.3) is 0 Å². The predicted octanol–water partition coefficient (Wildman–Crippen LogP) is 3.07. The summed E-state index contributed by atoms with van der Waals surface area (Å²) >= 11 is 0. The lowest BCUT2D eigenvalue weighted by Gasteiger charge is -2.15. The molecule has 4 heteroatoms. The number of aryl methyl sites for hydroxylation is 1. The van der Waals surface area contributed by atoms with Crippen LogP contribution in [0.5, 0.6) is 0 Å². The van der Waals surface area contributed by atoms with Crippen molar-refractivity contribution < 1.29 is 0 Å². The summed E-state index contributed by atoms with van der Waals surface area (Å²) < 4.78 is 2.03. The van der Waals surface area contributed by atoms with E-state index in [2.05, 4.69) is 46.5 Å². The van der Waals surface area contributed by atoms with E-state index in [9.17, 15) is 0 Å². The van der Waals surface area contributed by atoms with Crippen LogP contribution in [-0.2, 0) is 7.05 Å². The van der Waals surface area contributed by atoms with Gasteiger partial charge in [-0.15, -0.1) is 0 Å². The van der Waals surface area contributed by atoms with Crippen molar-refractivity contribution in [3.8, 4) is 0 Å². The molecule has 1 atom stereocenters. The monoisotopic (exact) mass is 240 g/mol. The van der Waals surface area contributed by atoms with E-state index in [1.807, 2.05) is 30.2 Å². The van der Waals surface area contributed by atoms with Crippen molar-refractivity contribution in [1.82, 2.24) is 14.5 Å². The molecule has 4 nitrogen and oxygen atoms in total. The second-order valence-electron chi connectivity index (χ2n) is 4.54. The van der Waals surface area contributed by atoms with Crippen molar-refractivity contribution in [3.63, 3.8) is 0 Å². The van der Waals surface area contributed by atoms with Crippen molar-refractivity contribution in [1.29, 1.82) is 0 Å². The quantitative estimate of drug-likeness (QED) is 0.739. The van der Waals surface area contributed by atoms with Crippen LogP contribution >= 0.6 is 0 Å². The number of nitrogens with zero attached hydrogens (tertiary/aromatic N) is 2. The topological polar surface area (TPSA) is 45.6 Å². The van der Waals surface area contributed by atoms with Crippen LogP contribution in [0, 0.1) is 0 Å². The standard InChI is InChI=1S/C14H16N4/c1-10(14-16-7-8-18(14)2)17-12-3-4-13-11(9-12)5-6-15-13/h3-10,15,17H,1-2H3. The van der Waals surface area contributed by atoms with E-state index in [4.69, 9.17) is 0 Å². The van der Waals surface area contributed by atoms with E-state index in [0.29, 0.717) is 0 Å². The number of rotatable bonds is 3. The van der Waals surface area contributed by atoms with Gasteiger partial charge in [0, 0.05) is 42.2 Å². The molecule has 0 saturated heterocycles. The molecule has 0 radical (unpaired) electrons. The fourth-order valence-electron chi connectivity index (χ4n) is 2.25. The average molecular weight is 240 g/mol. The summed E-state index contributed by atoms with van der Waals surface area (Å²) in [6.45, 7) is 2.11. The lowest BCUT2D eigenvalue weighted by Crippen LogP contribution is -2.11.